The fraction of sp³-hybridized carbons (Fsp3) is 0.0417. The first-order valence-electron chi connectivity index (χ1n) is 9.26. The highest BCUT2D eigenvalue weighted by atomic mass is 32.2. The molecule has 4 aromatic carbocycles. The smallest absolute Gasteiger partial charge is 0.339 e. The molecular formula is C24H19NO4S. The molecule has 0 unspecified atom stereocenters. The van der Waals surface area contributed by atoms with Crippen molar-refractivity contribution in [1.82, 2.24) is 0 Å². The lowest BCUT2D eigenvalue weighted by Crippen LogP contribution is -2.09. The second kappa shape index (κ2) is 8.39. The lowest BCUT2D eigenvalue weighted by Gasteiger charge is -2.08. The Kier molecular flexibility index (Phi) is 5.50. The first-order valence-corrected chi connectivity index (χ1v) is 10.7. The van der Waals surface area contributed by atoms with Crippen molar-refractivity contribution in [2.24, 2.45) is 4.99 Å². The number of benzene rings is 4. The molecule has 4 aromatic rings. The third-order valence-corrected chi connectivity index (χ3v) is 5.83. The van der Waals surface area contributed by atoms with Crippen LogP contribution in [0.2, 0.25) is 0 Å². The van der Waals surface area contributed by atoms with Gasteiger partial charge in [0.05, 0.1) is 12.8 Å². The average molecular weight is 417 g/mol. The number of fused-ring (bicyclic) bond motifs is 1. The summed E-state index contributed by atoms with van der Waals surface area (Å²) in [6, 6.07) is 26.8. The maximum absolute atomic E-state index is 12.4. The minimum absolute atomic E-state index is 0.0568. The summed E-state index contributed by atoms with van der Waals surface area (Å²) in [5.41, 5.74) is 1.70. The summed E-state index contributed by atoms with van der Waals surface area (Å²) in [5.74, 6) is 0.789. The summed E-state index contributed by atoms with van der Waals surface area (Å²) in [4.78, 5) is 4.55. The molecule has 0 spiro atoms. The molecule has 0 heterocycles. The van der Waals surface area contributed by atoms with Gasteiger partial charge < -0.3 is 8.92 Å². The van der Waals surface area contributed by atoms with Crippen LogP contribution in [0.4, 0.5) is 5.69 Å². The predicted molar refractivity (Wildman–Crippen MR) is 118 cm³/mol. The minimum atomic E-state index is -3.92. The molecule has 0 atom stereocenters. The molecule has 0 N–H and O–H groups in total. The van der Waals surface area contributed by atoms with Crippen molar-refractivity contribution in [3.05, 3.63) is 96.6 Å². The average Bonchev–Trinajstić information content (AvgIpc) is 2.78. The summed E-state index contributed by atoms with van der Waals surface area (Å²) in [6.07, 6.45) is 1.80. The van der Waals surface area contributed by atoms with Crippen LogP contribution in [0.3, 0.4) is 0 Å². The molecule has 30 heavy (non-hydrogen) atoms. The molecule has 0 aliphatic rings. The molecule has 5 nitrogen and oxygen atoms in total. The van der Waals surface area contributed by atoms with E-state index in [1.807, 2.05) is 24.3 Å². The van der Waals surface area contributed by atoms with Gasteiger partial charge in [-0.05, 0) is 59.3 Å². The van der Waals surface area contributed by atoms with Gasteiger partial charge in [-0.3, -0.25) is 4.99 Å². The van der Waals surface area contributed by atoms with E-state index in [9.17, 15) is 8.42 Å². The first-order chi connectivity index (χ1) is 14.5. The van der Waals surface area contributed by atoms with Gasteiger partial charge in [0, 0.05) is 11.8 Å². The van der Waals surface area contributed by atoms with Crippen LogP contribution in [0.15, 0.2) is 101 Å². The Balaban J connectivity index is 1.50. The van der Waals surface area contributed by atoms with E-state index in [0.717, 1.165) is 16.3 Å². The van der Waals surface area contributed by atoms with Crippen molar-refractivity contribution in [1.29, 1.82) is 0 Å². The summed E-state index contributed by atoms with van der Waals surface area (Å²) in [7, 11) is -2.41. The maximum Gasteiger partial charge on any atom is 0.339 e. The minimum Gasteiger partial charge on any atom is -0.497 e. The molecule has 0 amide bonds. The standard InChI is InChI=1S/C24H19NO4S/c1-28-21-13-15-23(16-14-21)30(26,27)29-22-11-9-20(10-12-22)25-17-19-7-4-6-18-5-2-3-8-24(18)19/h2-17H,1H3/b25-17-. The van der Waals surface area contributed by atoms with Gasteiger partial charge in [0.25, 0.3) is 0 Å². The monoisotopic (exact) mass is 417 g/mol. The highest BCUT2D eigenvalue weighted by Crippen LogP contribution is 2.24. The molecule has 0 radical (unpaired) electrons. The van der Waals surface area contributed by atoms with Crippen LogP contribution in [-0.4, -0.2) is 21.7 Å². The number of nitrogens with zero attached hydrogens (tertiary/aromatic N) is 1. The Morgan fingerprint density at radius 3 is 2.17 bits per heavy atom. The summed E-state index contributed by atoms with van der Waals surface area (Å²) in [5, 5.41) is 2.27. The maximum atomic E-state index is 12.4. The molecule has 0 aliphatic heterocycles. The van der Waals surface area contributed by atoms with E-state index in [4.69, 9.17) is 8.92 Å². The second-order valence-corrected chi connectivity index (χ2v) is 8.08. The van der Waals surface area contributed by atoms with Crippen LogP contribution >= 0.6 is 0 Å². The summed E-state index contributed by atoms with van der Waals surface area (Å²) < 4.78 is 35.1. The van der Waals surface area contributed by atoms with E-state index in [2.05, 4.69) is 23.2 Å². The van der Waals surface area contributed by atoms with Crippen molar-refractivity contribution < 1.29 is 17.3 Å². The zero-order chi connectivity index (χ0) is 21.0. The van der Waals surface area contributed by atoms with Crippen LogP contribution in [0.5, 0.6) is 11.5 Å². The van der Waals surface area contributed by atoms with E-state index in [1.165, 1.54) is 19.2 Å². The van der Waals surface area contributed by atoms with E-state index >= 15 is 0 Å². The number of rotatable bonds is 6. The Bertz CT molecular complexity index is 1290. The Labute approximate surface area is 175 Å². The lowest BCUT2D eigenvalue weighted by atomic mass is 10.1. The van der Waals surface area contributed by atoms with Gasteiger partial charge in [-0.25, -0.2) is 0 Å². The zero-order valence-electron chi connectivity index (χ0n) is 16.2. The molecule has 0 saturated carbocycles. The largest absolute Gasteiger partial charge is 0.497 e. The highest BCUT2D eigenvalue weighted by molar-refractivity contribution is 7.87. The number of hydrogen-bond donors (Lipinski definition) is 0. The van der Waals surface area contributed by atoms with E-state index in [-0.39, 0.29) is 10.6 Å². The van der Waals surface area contributed by atoms with Crippen LogP contribution < -0.4 is 8.92 Å². The second-order valence-electron chi connectivity index (χ2n) is 6.53. The fourth-order valence-electron chi connectivity index (χ4n) is 3.01. The molecular weight excluding hydrogens is 398 g/mol. The van der Waals surface area contributed by atoms with Gasteiger partial charge in [0.15, 0.2) is 0 Å². The molecule has 0 aromatic heterocycles. The number of aliphatic imine (C=N–C) groups is 1. The van der Waals surface area contributed by atoms with Gasteiger partial charge in [-0.2, -0.15) is 8.42 Å². The number of ether oxygens (including phenoxy) is 1. The topological polar surface area (TPSA) is 65.0 Å². The quantitative estimate of drug-likeness (QED) is 0.313. The van der Waals surface area contributed by atoms with E-state index < -0.39 is 10.1 Å². The molecule has 0 bridgehead atoms. The van der Waals surface area contributed by atoms with Crippen LogP contribution in [0, 0.1) is 0 Å². The Morgan fingerprint density at radius 2 is 1.43 bits per heavy atom. The molecule has 0 saturated heterocycles. The van der Waals surface area contributed by atoms with Gasteiger partial charge in [0.2, 0.25) is 0 Å². The molecule has 4 rings (SSSR count). The first kappa shape index (κ1) is 19.7. The molecule has 6 heteroatoms. The van der Waals surface area contributed by atoms with Crippen molar-refractivity contribution in [2.45, 2.75) is 4.90 Å². The van der Waals surface area contributed by atoms with Crippen molar-refractivity contribution in [2.75, 3.05) is 7.11 Å². The normalized spacial score (nSPS) is 11.6. The summed E-state index contributed by atoms with van der Waals surface area (Å²) in [6.45, 7) is 0. The van der Waals surface area contributed by atoms with E-state index in [0.29, 0.717) is 11.4 Å². The number of hydrogen-bond acceptors (Lipinski definition) is 5. The third kappa shape index (κ3) is 4.34. The van der Waals surface area contributed by atoms with Gasteiger partial charge in [0.1, 0.15) is 16.4 Å². The molecule has 150 valence electrons. The van der Waals surface area contributed by atoms with Gasteiger partial charge in [-0.15, -0.1) is 0 Å². The van der Waals surface area contributed by atoms with Crippen molar-refractivity contribution in [3.63, 3.8) is 0 Å². The zero-order valence-corrected chi connectivity index (χ0v) is 17.0. The van der Waals surface area contributed by atoms with Crippen molar-refractivity contribution in [3.8, 4) is 11.5 Å². The third-order valence-electron chi connectivity index (χ3n) is 4.57. The van der Waals surface area contributed by atoms with Gasteiger partial charge >= 0.3 is 10.1 Å². The fourth-order valence-corrected chi connectivity index (χ4v) is 3.94. The van der Waals surface area contributed by atoms with Crippen LogP contribution in [0.25, 0.3) is 10.8 Å². The molecule has 0 aliphatic carbocycles. The van der Waals surface area contributed by atoms with E-state index in [1.54, 1.807) is 42.6 Å². The highest BCUT2D eigenvalue weighted by Gasteiger charge is 2.16. The SMILES string of the molecule is COc1ccc(S(=O)(=O)Oc2ccc(/N=C\c3cccc4ccccc34)cc2)cc1. The lowest BCUT2D eigenvalue weighted by molar-refractivity contribution is 0.414. The Hall–Kier alpha value is -3.64. The van der Waals surface area contributed by atoms with Crippen LogP contribution in [-0.2, 0) is 10.1 Å². The number of methoxy groups -OCH3 is 1. The predicted octanol–water partition coefficient (Wildman–Crippen LogP) is 5.37. The Morgan fingerprint density at radius 1 is 0.767 bits per heavy atom. The van der Waals surface area contributed by atoms with Crippen molar-refractivity contribution >= 4 is 32.8 Å². The molecule has 0 fully saturated rings. The van der Waals surface area contributed by atoms with Crippen LogP contribution in [0.1, 0.15) is 5.56 Å². The van der Waals surface area contributed by atoms with Gasteiger partial charge in [-0.1, -0.05) is 42.5 Å². The summed E-state index contributed by atoms with van der Waals surface area (Å²) >= 11 is 0.